The molecule has 0 saturated carbocycles. The molecule has 1 heterocycles. The molecule has 0 bridgehead atoms. The summed E-state index contributed by atoms with van der Waals surface area (Å²) in [5, 5.41) is 2.99. The Labute approximate surface area is 121 Å². The van der Waals surface area contributed by atoms with Gasteiger partial charge in [0.05, 0.1) is 4.90 Å². The van der Waals surface area contributed by atoms with Crippen molar-refractivity contribution in [1.29, 1.82) is 0 Å². The van der Waals surface area contributed by atoms with E-state index in [-0.39, 0.29) is 6.04 Å². The van der Waals surface area contributed by atoms with E-state index in [0.29, 0.717) is 11.4 Å². The van der Waals surface area contributed by atoms with Crippen LogP contribution in [-0.4, -0.2) is 57.9 Å². The summed E-state index contributed by atoms with van der Waals surface area (Å²) in [6, 6.07) is 7.02. The quantitative estimate of drug-likeness (QED) is 0.893. The Morgan fingerprint density at radius 1 is 1.30 bits per heavy atom. The molecule has 0 radical (unpaired) electrons. The van der Waals surface area contributed by atoms with Crippen LogP contribution in [0.3, 0.4) is 0 Å². The minimum Gasteiger partial charge on any atom is -0.388 e. The van der Waals surface area contributed by atoms with Crippen molar-refractivity contribution >= 4 is 15.7 Å². The molecule has 1 saturated heterocycles. The summed E-state index contributed by atoms with van der Waals surface area (Å²) >= 11 is 0. The zero-order valence-corrected chi connectivity index (χ0v) is 13.2. The van der Waals surface area contributed by atoms with E-state index < -0.39 is 10.0 Å². The smallest absolute Gasteiger partial charge is 0.243 e. The Balaban J connectivity index is 2.24. The summed E-state index contributed by atoms with van der Waals surface area (Å²) in [4.78, 5) is 2.42. The molecule has 0 amide bonds. The number of sulfonamides is 1. The van der Waals surface area contributed by atoms with Crippen molar-refractivity contribution in [2.45, 2.75) is 23.8 Å². The lowest BCUT2D eigenvalue weighted by Gasteiger charge is -2.26. The van der Waals surface area contributed by atoms with E-state index in [2.05, 4.69) is 5.32 Å². The lowest BCUT2D eigenvalue weighted by Crippen LogP contribution is -2.41. The molecule has 1 aliphatic rings. The zero-order chi connectivity index (χ0) is 14.8. The van der Waals surface area contributed by atoms with Crippen LogP contribution in [0.25, 0.3) is 0 Å². The zero-order valence-electron chi connectivity index (χ0n) is 12.3. The molecule has 1 aromatic rings. The molecule has 112 valence electrons. The molecule has 1 atom stereocenters. The Hall–Kier alpha value is -1.11. The Morgan fingerprint density at radius 2 is 1.95 bits per heavy atom. The average molecular weight is 297 g/mol. The van der Waals surface area contributed by atoms with Crippen molar-refractivity contribution in [1.82, 2.24) is 9.21 Å². The van der Waals surface area contributed by atoms with E-state index in [4.69, 9.17) is 0 Å². The first kappa shape index (κ1) is 15.3. The molecular weight excluding hydrogens is 274 g/mol. The van der Waals surface area contributed by atoms with Gasteiger partial charge in [0, 0.05) is 31.9 Å². The molecule has 6 heteroatoms. The number of hydrogen-bond donors (Lipinski definition) is 1. The first-order chi connectivity index (χ1) is 9.45. The molecule has 0 aromatic heterocycles. The fraction of sp³-hybridized carbons (Fsp3) is 0.571. The van der Waals surface area contributed by atoms with Gasteiger partial charge in [-0.1, -0.05) is 0 Å². The molecule has 1 N–H and O–H groups in total. The highest BCUT2D eigenvalue weighted by Crippen LogP contribution is 2.27. The van der Waals surface area contributed by atoms with Crippen molar-refractivity contribution in [2.75, 3.05) is 39.5 Å². The van der Waals surface area contributed by atoms with Crippen LogP contribution in [0, 0.1) is 0 Å². The van der Waals surface area contributed by atoms with E-state index in [1.165, 1.54) is 0 Å². The van der Waals surface area contributed by atoms with Crippen LogP contribution in [-0.2, 0) is 10.0 Å². The van der Waals surface area contributed by atoms with Crippen LogP contribution >= 0.6 is 0 Å². The summed E-state index contributed by atoms with van der Waals surface area (Å²) in [7, 11) is 2.39. The largest absolute Gasteiger partial charge is 0.388 e. The predicted octanol–water partition coefficient (Wildman–Crippen LogP) is 1.44. The second-order valence-electron chi connectivity index (χ2n) is 5.45. The van der Waals surface area contributed by atoms with Crippen LogP contribution in [0.5, 0.6) is 0 Å². The molecule has 1 aromatic carbocycles. The third-order valence-electron chi connectivity index (χ3n) is 3.65. The normalized spacial score (nSPS) is 20.5. The van der Waals surface area contributed by atoms with Crippen molar-refractivity contribution in [3.05, 3.63) is 24.3 Å². The highest BCUT2D eigenvalue weighted by atomic mass is 32.2. The lowest BCUT2D eigenvalue weighted by atomic mass is 10.2. The standard InChI is InChI=1S/C14H23N3O2S/c1-15-12-6-8-14(9-7-12)20(18,19)17-10-4-5-13(17)11-16(2)3/h6-9,13,15H,4-5,10-11H2,1-3H3. The van der Waals surface area contributed by atoms with Crippen LogP contribution in [0.2, 0.25) is 0 Å². The summed E-state index contributed by atoms with van der Waals surface area (Å²) in [6.45, 7) is 1.39. The molecule has 1 aliphatic heterocycles. The van der Waals surface area contributed by atoms with Crippen LogP contribution in [0.1, 0.15) is 12.8 Å². The number of benzene rings is 1. The SMILES string of the molecule is CNc1ccc(S(=O)(=O)N2CCCC2CN(C)C)cc1. The molecule has 20 heavy (non-hydrogen) atoms. The summed E-state index contributed by atoms with van der Waals surface area (Å²) in [6.07, 6.45) is 1.87. The monoisotopic (exact) mass is 297 g/mol. The van der Waals surface area contributed by atoms with E-state index in [9.17, 15) is 8.42 Å². The topological polar surface area (TPSA) is 52.7 Å². The number of hydrogen-bond acceptors (Lipinski definition) is 4. The van der Waals surface area contributed by atoms with Crippen LogP contribution in [0.15, 0.2) is 29.2 Å². The lowest BCUT2D eigenvalue weighted by molar-refractivity contribution is 0.291. The number of nitrogens with zero attached hydrogens (tertiary/aromatic N) is 2. The van der Waals surface area contributed by atoms with E-state index >= 15 is 0 Å². The third kappa shape index (κ3) is 3.13. The second-order valence-corrected chi connectivity index (χ2v) is 7.34. The van der Waals surface area contributed by atoms with Crippen molar-refractivity contribution in [3.8, 4) is 0 Å². The molecular formula is C14H23N3O2S. The van der Waals surface area contributed by atoms with Crippen molar-refractivity contribution < 1.29 is 8.42 Å². The molecule has 0 aliphatic carbocycles. The van der Waals surface area contributed by atoms with Gasteiger partial charge in [0.25, 0.3) is 0 Å². The highest BCUT2D eigenvalue weighted by Gasteiger charge is 2.35. The maximum Gasteiger partial charge on any atom is 0.243 e. The van der Waals surface area contributed by atoms with Gasteiger partial charge >= 0.3 is 0 Å². The second kappa shape index (κ2) is 6.11. The Kier molecular flexibility index (Phi) is 4.67. The van der Waals surface area contributed by atoms with E-state index in [0.717, 1.165) is 25.1 Å². The third-order valence-corrected chi connectivity index (χ3v) is 5.61. The van der Waals surface area contributed by atoms with Gasteiger partial charge in [0.15, 0.2) is 0 Å². The molecule has 0 spiro atoms. The van der Waals surface area contributed by atoms with E-state index in [1.807, 2.05) is 26.0 Å². The number of anilines is 1. The minimum absolute atomic E-state index is 0.0824. The molecule has 1 fully saturated rings. The van der Waals surface area contributed by atoms with Gasteiger partial charge in [-0.2, -0.15) is 4.31 Å². The highest BCUT2D eigenvalue weighted by molar-refractivity contribution is 7.89. The van der Waals surface area contributed by atoms with Gasteiger partial charge in [-0.25, -0.2) is 8.42 Å². The number of nitrogens with one attached hydrogen (secondary N) is 1. The first-order valence-electron chi connectivity index (χ1n) is 6.89. The summed E-state index contributed by atoms with van der Waals surface area (Å²) in [5.74, 6) is 0. The predicted molar refractivity (Wildman–Crippen MR) is 81.5 cm³/mol. The molecule has 5 nitrogen and oxygen atoms in total. The van der Waals surface area contributed by atoms with Gasteiger partial charge < -0.3 is 10.2 Å². The Morgan fingerprint density at radius 3 is 2.50 bits per heavy atom. The average Bonchev–Trinajstić information content (AvgIpc) is 2.87. The van der Waals surface area contributed by atoms with Gasteiger partial charge in [0.2, 0.25) is 10.0 Å². The minimum atomic E-state index is -3.38. The maximum atomic E-state index is 12.7. The van der Waals surface area contributed by atoms with Gasteiger partial charge in [-0.3, -0.25) is 0 Å². The summed E-state index contributed by atoms with van der Waals surface area (Å²) in [5.41, 5.74) is 0.912. The fourth-order valence-corrected chi connectivity index (χ4v) is 4.34. The number of likely N-dealkylation sites (N-methyl/N-ethyl adjacent to an activating group) is 1. The first-order valence-corrected chi connectivity index (χ1v) is 8.33. The number of rotatable bonds is 5. The van der Waals surface area contributed by atoms with Gasteiger partial charge in [0.1, 0.15) is 0 Å². The van der Waals surface area contributed by atoms with Crippen molar-refractivity contribution in [2.24, 2.45) is 0 Å². The van der Waals surface area contributed by atoms with Crippen molar-refractivity contribution in [3.63, 3.8) is 0 Å². The Bertz CT molecular complexity index is 540. The summed E-state index contributed by atoms with van der Waals surface area (Å²) < 4.78 is 27.1. The van der Waals surface area contributed by atoms with E-state index in [1.54, 1.807) is 28.6 Å². The molecule has 1 unspecified atom stereocenters. The van der Waals surface area contributed by atoms with Crippen LogP contribution < -0.4 is 5.32 Å². The maximum absolute atomic E-state index is 12.7. The molecule has 2 rings (SSSR count). The van der Waals surface area contributed by atoms with Crippen LogP contribution in [0.4, 0.5) is 5.69 Å². The van der Waals surface area contributed by atoms with Gasteiger partial charge in [-0.05, 0) is 51.2 Å². The fourth-order valence-electron chi connectivity index (χ4n) is 2.66. The van der Waals surface area contributed by atoms with Gasteiger partial charge in [-0.15, -0.1) is 0 Å².